The average Bonchev–Trinajstić information content (AvgIpc) is 2.48. The number of ether oxygens (including phenoxy) is 3. The zero-order valence-corrected chi connectivity index (χ0v) is 12.7. The van der Waals surface area contributed by atoms with Gasteiger partial charge in [0, 0.05) is 6.07 Å². The highest BCUT2D eigenvalue weighted by Crippen LogP contribution is 2.21. The fraction of sp³-hybridized carbons (Fsp3) is 0.357. The average molecular weight is 333 g/mol. The molecule has 1 rings (SSSR count). The van der Waals surface area contributed by atoms with Gasteiger partial charge in [-0.2, -0.15) is 0 Å². The number of halogens is 2. The second-order valence-corrected chi connectivity index (χ2v) is 4.32. The molecular formula is C14H14ClFO6. The fourth-order valence-electron chi connectivity index (χ4n) is 1.42. The first-order valence-corrected chi connectivity index (χ1v) is 6.77. The Morgan fingerprint density at radius 1 is 1.18 bits per heavy atom. The molecular weight excluding hydrogens is 319 g/mol. The minimum absolute atomic E-state index is 0.0240. The van der Waals surface area contributed by atoms with Gasteiger partial charge in [-0.1, -0.05) is 11.6 Å². The molecule has 0 N–H and O–H groups in total. The van der Waals surface area contributed by atoms with Crippen molar-refractivity contribution in [3.8, 4) is 5.75 Å². The van der Waals surface area contributed by atoms with Gasteiger partial charge in [0.2, 0.25) is 0 Å². The molecule has 0 saturated carbocycles. The highest BCUT2D eigenvalue weighted by atomic mass is 35.5. The van der Waals surface area contributed by atoms with E-state index in [0.29, 0.717) is 0 Å². The predicted molar refractivity (Wildman–Crippen MR) is 74.1 cm³/mol. The van der Waals surface area contributed by atoms with Crippen LogP contribution in [0.3, 0.4) is 0 Å². The monoisotopic (exact) mass is 332 g/mol. The van der Waals surface area contributed by atoms with E-state index in [2.05, 4.69) is 9.47 Å². The lowest BCUT2D eigenvalue weighted by Gasteiger charge is -2.16. The van der Waals surface area contributed by atoms with Gasteiger partial charge in [-0.25, -0.2) is 14.0 Å². The molecule has 120 valence electrons. The smallest absolute Gasteiger partial charge is 0.379 e. The van der Waals surface area contributed by atoms with Gasteiger partial charge in [-0.3, -0.25) is 4.79 Å². The Labute approximate surface area is 131 Å². The van der Waals surface area contributed by atoms with Crippen LogP contribution in [0.15, 0.2) is 18.2 Å². The van der Waals surface area contributed by atoms with E-state index in [0.717, 1.165) is 6.07 Å². The van der Waals surface area contributed by atoms with Crippen molar-refractivity contribution in [3.63, 3.8) is 0 Å². The molecule has 0 aromatic heterocycles. The summed E-state index contributed by atoms with van der Waals surface area (Å²) in [6, 6.07) is 3.31. The van der Waals surface area contributed by atoms with Crippen LogP contribution in [0.2, 0.25) is 5.02 Å². The third-order valence-corrected chi connectivity index (χ3v) is 2.67. The van der Waals surface area contributed by atoms with Crippen LogP contribution in [-0.4, -0.2) is 37.0 Å². The standard InChI is InChI=1S/C14H14ClFO6/c1-3-20-13(18)11(17)12(14(19)21-4-2)22-8-5-6-9(15)10(16)7-8/h5-7,12H,3-4H2,1-2H3. The first-order chi connectivity index (χ1) is 10.4. The molecule has 0 aliphatic rings. The third kappa shape index (κ3) is 4.70. The Morgan fingerprint density at radius 2 is 1.82 bits per heavy atom. The van der Waals surface area contributed by atoms with E-state index < -0.39 is 29.6 Å². The maximum atomic E-state index is 13.4. The minimum atomic E-state index is -1.88. The highest BCUT2D eigenvalue weighted by molar-refractivity contribution is 6.39. The normalized spacial score (nSPS) is 11.5. The summed E-state index contributed by atoms with van der Waals surface area (Å²) in [6.45, 7) is 2.95. The Kier molecular flexibility index (Phi) is 6.78. The number of hydrogen-bond donors (Lipinski definition) is 0. The van der Waals surface area contributed by atoms with Gasteiger partial charge in [0.25, 0.3) is 11.9 Å². The zero-order valence-electron chi connectivity index (χ0n) is 11.9. The summed E-state index contributed by atoms with van der Waals surface area (Å²) in [4.78, 5) is 35.1. The number of rotatable bonds is 7. The molecule has 22 heavy (non-hydrogen) atoms. The summed E-state index contributed by atoms with van der Waals surface area (Å²) in [5.74, 6) is -4.51. The molecule has 0 heterocycles. The molecule has 0 aliphatic carbocycles. The lowest BCUT2D eigenvalue weighted by atomic mass is 10.2. The van der Waals surface area contributed by atoms with E-state index in [1.807, 2.05) is 0 Å². The Hall–Kier alpha value is -2.15. The molecule has 0 radical (unpaired) electrons. The zero-order chi connectivity index (χ0) is 16.7. The van der Waals surface area contributed by atoms with Crippen LogP contribution in [0.1, 0.15) is 13.8 Å². The molecule has 0 fully saturated rings. The van der Waals surface area contributed by atoms with E-state index >= 15 is 0 Å². The lowest BCUT2D eigenvalue weighted by molar-refractivity contribution is -0.164. The molecule has 0 amide bonds. The van der Waals surface area contributed by atoms with Crippen LogP contribution in [0.4, 0.5) is 4.39 Å². The van der Waals surface area contributed by atoms with Gasteiger partial charge in [0.15, 0.2) is 0 Å². The summed E-state index contributed by atoms with van der Waals surface area (Å²) in [5, 5.41) is -0.156. The largest absolute Gasteiger partial charge is 0.470 e. The molecule has 1 aromatic rings. The second-order valence-electron chi connectivity index (χ2n) is 3.91. The van der Waals surface area contributed by atoms with Crippen molar-refractivity contribution in [2.24, 2.45) is 0 Å². The summed E-state index contributed by atoms with van der Waals surface area (Å²) in [6.07, 6.45) is -1.88. The van der Waals surface area contributed by atoms with Crippen molar-refractivity contribution in [1.29, 1.82) is 0 Å². The van der Waals surface area contributed by atoms with Crippen LogP contribution >= 0.6 is 11.6 Å². The van der Waals surface area contributed by atoms with E-state index in [1.165, 1.54) is 26.0 Å². The molecule has 0 saturated heterocycles. The van der Waals surface area contributed by atoms with Crippen molar-refractivity contribution >= 4 is 29.3 Å². The van der Waals surface area contributed by atoms with Crippen molar-refractivity contribution in [1.82, 2.24) is 0 Å². The van der Waals surface area contributed by atoms with E-state index in [-0.39, 0.29) is 24.0 Å². The van der Waals surface area contributed by atoms with Gasteiger partial charge >= 0.3 is 11.9 Å². The predicted octanol–water partition coefficient (Wildman–Crippen LogP) is 1.92. The summed E-state index contributed by atoms with van der Waals surface area (Å²) in [7, 11) is 0. The van der Waals surface area contributed by atoms with Crippen molar-refractivity contribution in [3.05, 3.63) is 29.0 Å². The molecule has 1 atom stereocenters. The number of carbonyl (C=O) groups is 3. The number of benzene rings is 1. The summed E-state index contributed by atoms with van der Waals surface area (Å²) >= 11 is 5.52. The number of Topliss-reactive ketones (excluding diaryl/α,β-unsaturated/α-hetero) is 1. The van der Waals surface area contributed by atoms with E-state index in [4.69, 9.17) is 16.3 Å². The molecule has 0 bridgehead atoms. The Bertz CT molecular complexity index is 574. The molecule has 8 heteroatoms. The number of ketones is 1. The summed E-state index contributed by atoms with van der Waals surface area (Å²) in [5.41, 5.74) is 0. The van der Waals surface area contributed by atoms with Crippen molar-refractivity contribution in [2.45, 2.75) is 20.0 Å². The maximum absolute atomic E-state index is 13.4. The van der Waals surface area contributed by atoms with Crippen LogP contribution in [0.25, 0.3) is 0 Å². The lowest BCUT2D eigenvalue weighted by Crippen LogP contribution is -2.42. The topological polar surface area (TPSA) is 78.9 Å². The van der Waals surface area contributed by atoms with E-state index in [1.54, 1.807) is 0 Å². The second kappa shape index (κ2) is 8.33. The third-order valence-electron chi connectivity index (χ3n) is 2.36. The molecule has 6 nitrogen and oxygen atoms in total. The Balaban J connectivity index is 2.99. The quantitative estimate of drug-likeness (QED) is 0.431. The first-order valence-electron chi connectivity index (χ1n) is 6.40. The van der Waals surface area contributed by atoms with Crippen LogP contribution in [-0.2, 0) is 23.9 Å². The molecule has 0 aliphatic heterocycles. The van der Waals surface area contributed by atoms with E-state index in [9.17, 15) is 18.8 Å². The SMILES string of the molecule is CCOC(=O)C(=O)C(Oc1ccc(Cl)c(F)c1)C(=O)OCC. The van der Waals surface area contributed by atoms with Gasteiger partial charge in [0.05, 0.1) is 18.2 Å². The minimum Gasteiger partial charge on any atom is -0.470 e. The van der Waals surface area contributed by atoms with Crippen LogP contribution < -0.4 is 4.74 Å². The molecule has 1 aromatic carbocycles. The van der Waals surface area contributed by atoms with Crippen LogP contribution in [0.5, 0.6) is 5.75 Å². The molecule has 1 unspecified atom stereocenters. The van der Waals surface area contributed by atoms with Gasteiger partial charge < -0.3 is 14.2 Å². The number of hydrogen-bond acceptors (Lipinski definition) is 6. The first kappa shape index (κ1) is 17.9. The van der Waals surface area contributed by atoms with Crippen molar-refractivity contribution < 1.29 is 33.0 Å². The van der Waals surface area contributed by atoms with Gasteiger partial charge in [-0.15, -0.1) is 0 Å². The van der Waals surface area contributed by atoms with Crippen LogP contribution in [0, 0.1) is 5.82 Å². The number of esters is 2. The van der Waals surface area contributed by atoms with Gasteiger partial charge in [-0.05, 0) is 26.0 Å². The fourth-order valence-corrected chi connectivity index (χ4v) is 1.54. The number of carbonyl (C=O) groups excluding carboxylic acids is 3. The summed E-state index contributed by atoms with van der Waals surface area (Å²) < 4.78 is 27.6. The van der Waals surface area contributed by atoms with Gasteiger partial charge in [0.1, 0.15) is 11.6 Å². The highest BCUT2D eigenvalue weighted by Gasteiger charge is 2.36. The maximum Gasteiger partial charge on any atom is 0.379 e. The van der Waals surface area contributed by atoms with Crippen molar-refractivity contribution in [2.75, 3.05) is 13.2 Å². The molecule has 0 spiro atoms. The Morgan fingerprint density at radius 3 is 2.36 bits per heavy atom.